The minimum absolute atomic E-state index is 0.0721. The Morgan fingerprint density at radius 3 is 2.90 bits per heavy atom. The van der Waals surface area contributed by atoms with Crippen molar-refractivity contribution in [2.24, 2.45) is 0 Å². The first-order valence-corrected chi connectivity index (χ1v) is 6.61. The van der Waals surface area contributed by atoms with E-state index in [1.807, 2.05) is 4.90 Å². The topological polar surface area (TPSA) is 97.9 Å². The monoisotopic (exact) mass is 279 g/mol. The molecule has 20 heavy (non-hydrogen) atoms. The summed E-state index contributed by atoms with van der Waals surface area (Å²) in [5, 5.41) is 9.12. The number of piperidine rings is 1. The van der Waals surface area contributed by atoms with E-state index in [4.69, 9.17) is 20.3 Å². The predicted molar refractivity (Wildman–Crippen MR) is 71.7 cm³/mol. The Morgan fingerprint density at radius 1 is 1.45 bits per heavy atom. The van der Waals surface area contributed by atoms with Crippen molar-refractivity contribution < 1.29 is 19.4 Å². The summed E-state index contributed by atoms with van der Waals surface area (Å²) in [6, 6.07) is 1.51. The van der Waals surface area contributed by atoms with E-state index >= 15 is 0 Å². The van der Waals surface area contributed by atoms with Crippen LogP contribution in [0, 0.1) is 0 Å². The van der Waals surface area contributed by atoms with Crippen LogP contribution < -0.4 is 10.6 Å². The summed E-state index contributed by atoms with van der Waals surface area (Å²) < 4.78 is 11.4. The lowest BCUT2D eigenvalue weighted by Crippen LogP contribution is -2.49. The molecule has 2 aliphatic rings. The lowest BCUT2D eigenvalue weighted by molar-refractivity contribution is -0.161. The largest absolute Gasteiger partial charge is 0.478 e. The van der Waals surface area contributed by atoms with Crippen LogP contribution in [0.15, 0.2) is 12.3 Å². The molecule has 7 heteroatoms. The van der Waals surface area contributed by atoms with Crippen molar-refractivity contribution in [2.75, 3.05) is 36.9 Å². The van der Waals surface area contributed by atoms with E-state index in [1.165, 1.54) is 12.3 Å². The summed E-state index contributed by atoms with van der Waals surface area (Å²) in [5.41, 5.74) is 5.86. The molecule has 0 saturated carbocycles. The Labute approximate surface area is 116 Å². The van der Waals surface area contributed by atoms with Gasteiger partial charge in [-0.3, -0.25) is 0 Å². The van der Waals surface area contributed by atoms with Crippen LogP contribution in [-0.4, -0.2) is 48.2 Å². The van der Waals surface area contributed by atoms with Crippen LogP contribution in [0.2, 0.25) is 0 Å². The molecule has 0 radical (unpaired) electrons. The van der Waals surface area contributed by atoms with Crippen LogP contribution in [0.5, 0.6) is 0 Å². The van der Waals surface area contributed by atoms with Gasteiger partial charge in [0.1, 0.15) is 5.82 Å². The fourth-order valence-electron chi connectivity index (χ4n) is 2.73. The first-order chi connectivity index (χ1) is 9.60. The van der Waals surface area contributed by atoms with Crippen LogP contribution in [0.1, 0.15) is 23.2 Å². The number of nitrogens with two attached hydrogens (primary N) is 1. The molecule has 108 valence electrons. The van der Waals surface area contributed by atoms with Crippen molar-refractivity contribution in [2.45, 2.75) is 18.6 Å². The molecule has 1 aromatic heterocycles. The number of anilines is 2. The van der Waals surface area contributed by atoms with Crippen LogP contribution in [-0.2, 0) is 9.47 Å². The van der Waals surface area contributed by atoms with Gasteiger partial charge in [-0.1, -0.05) is 0 Å². The van der Waals surface area contributed by atoms with Gasteiger partial charge in [-0.25, -0.2) is 9.78 Å². The summed E-state index contributed by atoms with van der Waals surface area (Å²) in [6.07, 6.45) is 3.15. The predicted octanol–water partition coefficient (Wildman–Crippen LogP) is 0.705. The number of carboxylic acids is 1. The van der Waals surface area contributed by atoms with Crippen LogP contribution in [0.4, 0.5) is 11.5 Å². The molecular formula is C13H17N3O4. The number of aromatic nitrogens is 1. The first kappa shape index (κ1) is 13.1. The number of aromatic carboxylic acids is 1. The van der Waals surface area contributed by atoms with E-state index in [0.717, 1.165) is 19.4 Å². The smallest absolute Gasteiger partial charge is 0.337 e. The summed E-state index contributed by atoms with van der Waals surface area (Å²) in [4.78, 5) is 17.3. The van der Waals surface area contributed by atoms with Gasteiger partial charge in [-0.15, -0.1) is 0 Å². The van der Waals surface area contributed by atoms with Crippen molar-refractivity contribution in [3.8, 4) is 0 Å². The van der Waals surface area contributed by atoms with Crippen molar-refractivity contribution in [1.82, 2.24) is 4.98 Å². The maximum absolute atomic E-state index is 11.1. The molecule has 7 nitrogen and oxygen atoms in total. The molecule has 0 bridgehead atoms. The molecule has 0 atom stereocenters. The number of nitrogen functional groups attached to an aromatic ring is 1. The van der Waals surface area contributed by atoms with Gasteiger partial charge in [-0.2, -0.15) is 0 Å². The molecule has 2 fully saturated rings. The Kier molecular flexibility index (Phi) is 3.23. The summed E-state index contributed by atoms with van der Waals surface area (Å²) >= 11 is 0. The van der Waals surface area contributed by atoms with Crippen molar-refractivity contribution in [3.05, 3.63) is 17.8 Å². The molecule has 3 N–H and O–H groups in total. The number of hydrogen-bond acceptors (Lipinski definition) is 6. The van der Waals surface area contributed by atoms with Crippen LogP contribution in [0.3, 0.4) is 0 Å². The van der Waals surface area contributed by atoms with E-state index in [9.17, 15) is 4.79 Å². The summed E-state index contributed by atoms with van der Waals surface area (Å²) in [7, 11) is 0. The minimum atomic E-state index is -1.05. The Bertz CT molecular complexity index is 528. The number of rotatable bonds is 2. The molecule has 0 aliphatic carbocycles. The molecule has 0 aromatic carbocycles. The standard InChI is InChI=1S/C13H17N3O4/c14-10-7-15-11(6-9(10)12(17)18)16-3-1-2-13(8-16)19-4-5-20-13/h6-7H,1-5,8,14H2,(H,17,18). The average Bonchev–Trinajstić information content (AvgIpc) is 2.87. The highest BCUT2D eigenvalue weighted by Crippen LogP contribution is 2.32. The first-order valence-electron chi connectivity index (χ1n) is 6.61. The third-order valence-electron chi connectivity index (χ3n) is 3.71. The van der Waals surface area contributed by atoms with Gasteiger partial charge in [0.15, 0.2) is 5.79 Å². The number of ether oxygens (including phenoxy) is 2. The van der Waals surface area contributed by atoms with Gasteiger partial charge in [-0.05, 0) is 12.5 Å². The van der Waals surface area contributed by atoms with Crippen molar-refractivity contribution >= 4 is 17.5 Å². The summed E-state index contributed by atoms with van der Waals surface area (Å²) in [6.45, 7) is 2.56. The molecule has 2 saturated heterocycles. The highest BCUT2D eigenvalue weighted by molar-refractivity contribution is 5.94. The van der Waals surface area contributed by atoms with Gasteiger partial charge in [0.05, 0.1) is 37.2 Å². The number of carbonyl (C=O) groups is 1. The second kappa shape index (κ2) is 4.92. The fraction of sp³-hybridized carbons (Fsp3) is 0.538. The third kappa shape index (κ3) is 2.30. The lowest BCUT2D eigenvalue weighted by Gasteiger charge is -2.39. The zero-order chi connectivity index (χ0) is 14.2. The molecule has 0 amide bonds. The molecule has 2 aliphatic heterocycles. The Morgan fingerprint density at radius 2 is 2.20 bits per heavy atom. The normalized spacial score (nSPS) is 21.3. The molecule has 0 unspecified atom stereocenters. The van der Waals surface area contributed by atoms with E-state index < -0.39 is 11.8 Å². The molecular weight excluding hydrogens is 262 g/mol. The van der Waals surface area contributed by atoms with Crippen molar-refractivity contribution in [3.63, 3.8) is 0 Å². The number of hydrogen-bond donors (Lipinski definition) is 2. The Balaban J connectivity index is 1.85. The fourth-order valence-corrected chi connectivity index (χ4v) is 2.73. The quantitative estimate of drug-likeness (QED) is 0.822. The second-order valence-corrected chi connectivity index (χ2v) is 5.07. The molecule has 1 aromatic rings. The van der Waals surface area contributed by atoms with E-state index in [-0.39, 0.29) is 11.3 Å². The van der Waals surface area contributed by atoms with Gasteiger partial charge in [0, 0.05) is 13.0 Å². The maximum Gasteiger partial charge on any atom is 0.337 e. The summed E-state index contributed by atoms with van der Waals surface area (Å²) in [5.74, 6) is -1.02. The number of carboxylic acid groups (broad SMARTS) is 1. The second-order valence-electron chi connectivity index (χ2n) is 5.07. The van der Waals surface area contributed by atoms with Gasteiger partial charge < -0.3 is 25.2 Å². The lowest BCUT2D eigenvalue weighted by atomic mass is 10.0. The van der Waals surface area contributed by atoms with E-state index in [1.54, 1.807) is 0 Å². The van der Waals surface area contributed by atoms with Crippen LogP contribution >= 0.6 is 0 Å². The third-order valence-corrected chi connectivity index (χ3v) is 3.71. The van der Waals surface area contributed by atoms with E-state index in [0.29, 0.717) is 25.6 Å². The highest BCUT2D eigenvalue weighted by Gasteiger charge is 2.41. The van der Waals surface area contributed by atoms with Gasteiger partial charge in [0.25, 0.3) is 0 Å². The zero-order valence-corrected chi connectivity index (χ0v) is 11.0. The zero-order valence-electron chi connectivity index (χ0n) is 11.0. The average molecular weight is 279 g/mol. The van der Waals surface area contributed by atoms with Crippen molar-refractivity contribution in [1.29, 1.82) is 0 Å². The molecule has 3 heterocycles. The highest BCUT2D eigenvalue weighted by atomic mass is 16.7. The Hall–Kier alpha value is -1.86. The maximum atomic E-state index is 11.1. The number of pyridine rings is 1. The number of nitrogens with zero attached hydrogens (tertiary/aromatic N) is 2. The molecule has 1 spiro atoms. The van der Waals surface area contributed by atoms with E-state index in [2.05, 4.69) is 4.98 Å². The SMILES string of the molecule is Nc1cnc(N2CCCC3(C2)OCCO3)cc1C(=O)O. The van der Waals surface area contributed by atoms with Crippen LogP contribution in [0.25, 0.3) is 0 Å². The van der Waals surface area contributed by atoms with Gasteiger partial charge >= 0.3 is 5.97 Å². The van der Waals surface area contributed by atoms with Gasteiger partial charge in [0.2, 0.25) is 0 Å². The minimum Gasteiger partial charge on any atom is -0.478 e. The molecule has 3 rings (SSSR count).